The molecule has 0 fully saturated rings. The summed E-state index contributed by atoms with van der Waals surface area (Å²) in [4.78, 5) is 4.27. The van der Waals surface area contributed by atoms with Crippen LogP contribution in [0.3, 0.4) is 0 Å². The number of benzene rings is 1. The van der Waals surface area contributed by atoms with Crippen LogP contribution >= 0.6 is 0 Å². The molecule has 0 spiro atoms. The van der Waals surface area contributed by atoms with Gasteiger partial charge >= 0.3 is 0 Å². The van der Waals surface area contributed by atoms with Crippen molar-refractivity contribution in [2.75, 3.05) is 13.1 Å². The molecule has 1 aromatic carbocycles. The average molecular weight is 202 g/mol. The third-order valence-electron chi connectivity index (χ3n) is 1.93. The van der Waals surface area contributed by atoms with Gasteiger partial charge in [-0.1, -0.05) is 50.3 Å². The number of hydrogen-bond donors (Lipinski definition) is 1. The first kappa shape index (κ1) is 11.5. The standard InChI is InChI=1S/C11H12N2.C2H6/c1-2-4-10(5-3-1)6-7-11-12-8-9-13-11;1-2/h1-7H,8-9H2,(H,12,13);1-2H3/b7-6+;. The molecule has 15 heavy (non-hydrogen) atoms. The molecule has 0 aliphatic carbocycles. The first-order chi connectivity index (χ1) is 7.45. The molecule has 2 nitrogen and oxygen atoms in total. The lowest BCUT2D eigenvalue weighted by atomic mass is 10.2. The number of nitrogens with zero attached hydrogens (tertiary/aromatic N) is 1. The smallest absolute Gasteiger partial charge is 0.120 e. The van der Waals surface area contributed by atoms with Crippen LogP contribution in [-0.4, -0.2) is 18.9 Å². The maximum atomic E-state index is 4.27. The van der Waals surface area contributed by atoms with E-state index < -0.39 is 0 Å². The second kappa shape index (κ2) is 6.82. The first-order valence-electron chi connectivity index (χ1n) is 5.46. The molecular formula is C13H18N2. The zero-order valence-electron chi connectivity index (χ0n) is 9.40. The maximum Gasteiger partial charge on any atom is 0.120 e. The van der Waals surface area contributed by atoms with Gasteiger partial charge < -0.3 is 5.32 Å². The van der Waals surface area contributed by atoms with Crippen molar-refractivity contribution in [3.8, 4) is 0 Å². The van der Waals surface area contributed by atoms with Crippen molar-refractivity contribution in [1.82, 2.24) is 5.32 Å². The van der Waals surface area contributed by atoms with Crippen LogP contribution in [0.15, 0.2) is 41.4 Å². The molecule has 0 atom stereocenters. The number of rotatable bonds is 2. The highest BCUT2D eigenvalue weighted by Crippen LogP contribution is 2.01. The van der Waals surface area contributed by atoms with Gasteiger partial charge in [0.05, 0.1) is 6.54 Å². The molecule has 0 radical (unpaired) electrons. The Morgan fingerprint density at radius 1 is 1.13 bits per heavy atom. The Morgan fingerprint density at radius 3 is 2.47 bits per heavy atom. The van der Waals surface area contributed by atoms with E-state index in [1.54, 1.807) is 0 Å². The summed E-state index contributed by atoms with van der Waals surface area (Å²) in [5.41, 5.74) is 1.21. The molecule has 0 saturated carbocycles. The van der Waals surface area contributed by atoms with Gasteiger partial charge in [-0.15, -0.1) is 0 Å². The molecule has 0 amide bonds. The Kier molecular flexibility index (Phi) is 5.23. The third-order valence-corrected chi connectivity index (χ3v) is 1.93. The quantitative estimate of drug-likeness (QED) is 0.783. The summed E-state index contributed by atoms with van der Waals surface area (Å²) < 4.78 is 0. The Hall–Kier alpha value is -1.57. The predicted molar refractivity (Wildman–Crippen MR) is 67.1 cm³/mol. The van der Waals surface area contributed by atoms with Crippen molar-refractivity contribution in [1.29, 1.82) is 0 Å². The van der Waals surface area contributed by atoms with E-state index >= 15 is 0 Å². The van der Waals surface area contributed by atoms with Crippen molar-refractivity contribution in [2.45, 2.75) is 13.8 Å². The number of nitrogens with one attached hydrogen (secondary N) is 1. The third kappa shape index (κ3) is 3.98. The summed E-state index contributed by atoms with van der Waals surface area (Å²) in [6.45, 7) is 5.86. The zero-order chi connectivity index (χ0) is 10.9. The van der Waals surface area contributed by atoms with E-state index in [4.69, 9.17) is 0 Å². The molecule has 1 heterocycles. The predicted octanol–water partition coefficient (Wildman–Crippen LogP) is 2.73. The summed E-state index contributed by atoms with van der Waals surface area (Å²) >= 11 is 0. The minimum Gasteiger partial charge on any atom is -0.369 e. The van der Waals surface area contributed by atoms with Crippen LogP contribution in [0.5, 0.6) is 0 Å². The van der Waals surface area contributed by atoms with Crippen molar-refractivity contribution in [3.05, 3.63) is 42.0 Å². The second-order valence-electron chi connectivity index (χ2n) is 2.94. The second-order valence-corrected chi connectivity index (χ2v) is 2.94. The Labute approximate surface area is 91.7 Å². The Bertz CT molecular complexity index is 326. The summed E-state index contributed by atoms with van der Waals surface area (Å²) in [5, 5.41) is 3.19. The van der Waals surface area contributed by atoms with E-state index in [9.17, 15) is 0 Å². The van der Waals surface area contributed by atoms with Crippen molar-refractivity contribution in [3.63, 3.8) is 0 Å². The number of amidine groups is 1. The van der Waals surface area contributed by atoms with Crippen LogP contribution in [0.1, 0.15) is 19.4 Å². The topological polar surface area (TPSA) is 24.4 Å². The van der Waals surface area contributed by atoms with Crippen LogP contribution < -0.4 is 5.32 Å². The van der Waals surface area contributed by atoms with E-state index in [1.807, 2.05) is 38.1 Å². The van der Waals surface area contributed by atoms with Crippen LogP contribution in [0, 0.1) is 0 Å². The van der Waals surface area contributed by atoms with Gasteiger partial charge in [-0.25, -0.2) is 0 Å². The van der Waals surface area contributed by atoms with E-state index in [0.717, 1.165) is 18.9 Å². The molecule has 2 heteroatoms. The zero-order valence-corrected chi connectivity index (χ0v) is 9.40. The highest BCUT2D eigenvalue weighted by Gasteiger charge is 1.98. The highest BCUT2D eigenvalue weighted by molar-refractivity contribution is 5.97. The van der Waals surface area contributed by atoms with Gasteiger partial charge in [0.1, 0.15) is 5.84 Å². The number of aliphatic imine (C=N–C) groups is 1. The SMILES string of the molecule is C(=C\c1ccccc1)/C1=NCCN1.CC. The Morgan fingerprint density at radius 2 is 1.87 bits per heavy atom. The molecule has 0 saturated heterocycles. The average Bonchev–Trinajstić information content (AvgIpc) is 2.83. The molecule has 1 aliphatic rings. The van der Waals surface area contributed by atoms with Gasteiger partial charge in [0, 0.05) is 6.54 Å². The molecular weight excluding hydrogens is 184 g/mol. The van der Waals surface area contributed by atoms with E-state index in [1.165, 1.54) is 5.56 Å². The lowest BCUT2D eigenvalue weighted by Crippen LogP contribution is -2.15. The highest BCUT2D eigenvalue weighted by atomic mass is 15.1. The van der Waals surface area contributed by atoms with Crippen molar-refractivity contribution >= 4 is 11.9 Å². The monoisotopic (exact) mass is 202 g/mol. The molecule has 80 valence electrons. The van der Waals surface area contributed by atoms with Gasteiger partial charge in [0.2, 0.25) is 0 Å². The summed E-state index contributed by atoms with van der Waals surface area (Å²) in [7, 11) is 0. The lowest BCUT2D eigenvalue weighted by molar-refractivity contribution is 0.961. The summed E-state index contributed by atoms with van der Waals surface area (Å²) in [5.74, 6) is 0.990. The van der Waals surface area contributed by atoms with Gasteiger partial charge in [-0.2, -0.15) is 0 Å². The van der Waals surface area contributed by atoms with Gasteiger partial charge in [-0.05, 0) is 11.6 Å². The Balaban J connectivity index is 0.000000531. The van der Waals surface area contributed by atoms with E-state index in [-0.39, 0.29) is 0 Å². The fourth-order valence-corrected chi connectivity index (χ4v) is 1.27. The summed E-state index contributed by atoms with van der Waals surface area (Å²) in [6, 6.07) is 10.2. The number of hydrogen-bond acceptors (Lipinski definition) is 2. The minimum absolute atomic E-state index is 0.897. The fourth-order valence-electron chi connectivity index (χ4n) is 1.27. The van der Waals surface area contributed by atoms with Crippen LogP contribution in [-0.2, 0) is 0 Å². The molecule has 2 rings (SSSR count). The molecule has 0 bridgehead atoms. The summed E-state index contributed by atoms with van der Waals surface area (Å²) in [6.07, 6.45) is 4.08. The molecule has 0 aromatic heterocycles. The molecule has 1 aromatic rings. The minimum atomic E-state index is 0.897. The largest absolute Gasteiger partial charge is 0.369 e. The molecule has 1 aliphatic heterocycles. The van der Waals surface area contributed by atoms with Crippen molar-refractivity contribution < 1.29 is 0 Å². The first-order valence-corrected chi connectivity index (χ1v) is 5.46. The van der Waals surface area contributed by atoms with Gasteiger partial charge in [0.15, 0.2) is 0 Å². The van der Waals surface area contributed by atoms with Crippen LogP contribution in [0.25, 0.3) is 6.08 Å². The fraction of sp³-hybridized carbons (Fsp3) is 0.308. The van der Waals surface area contributed by atoms with Crippen LogP contribution in [0.4, 0.5) is 0 Å². The maximum absolute atomic E-state index is 4.27. The van der Waals surface area contributed by atoms with E-state index in [0.29, 0.717) is 0 Å². The normalized spacial score (nSPS) is 14.1. The van der Waals surface area contributed by atoms with Crippen molar-refractivity contribution in [2.24, 2.45) is 4.99 Å². The lowest BCUT2D eigenvalue weighted by Gasteiger charge is -1.93. The molecule has 0 unspecified atom stereocenters. The molecule has 1 N–H and O–H groups in total. The van der Waals surface area contributed by atoms with Gasteiger partial charge in [-0.3, -0.25) is 4.99 Å². The van der Waals surface area contributed by atoms with Crippen LogP contribution in [0.2, 0.25) is 0 Å². The van der Waals surface area contributed by atoms with E-state index in [2.05, 4.69) is 28.5 Å². The van der Waals surface area contributed by atoms with Gasteiger partial charge in [0.25, 0.3) is 0 Å².